The SMILES string of the molecule is CC(C)CN(CC(C)C)c1ccc([C@H](C)O)cc1[N+](=O)[O-]. The third kappa shape index (κ3) is 5.01. The highest BCUT2D eigenvalue weighted by atomic mass is 16.6. The van der Waals surface area contributed by atoms with Crippen LogP contribution in [0.2, 0.25) is 0 Å². The van der Waals surface area contributed by atoms with Gasteiger partial charge in [-0.1, -0.05) is 33.8 Å². The van der Waals surface area contributed by atoms with Gasteiger partial charge in [0.25, 0.3) is 5.69 Å². The van der Waals surface area contributed by atoms with Crippen LogP contribution < -0.4 is 4.90 Å². The van der Waals surface area contributed by atoms with Crippen LogP contribution in [-0.2, 0) is 0 Å². The highest BCUT2D eigenvalue weighted by Gasteiger charge is 2.22. The van der Waals surface area contributed by atoms with Crippen LogP contribution in [0.25, 0.3) is 0 Å². The first-order valence-electron chi connectivity index (χ1n) is 7.43. The van der Waals surface area contributed by atoms with Crippen LogP contribution >= 0.6 is 0 Å². The molecule has 0 spiro atoms. The minimum atomic E-state index is -0.707. The Morgan fingerprint density at radius 1 is 1.14 bits per heavy atom. The van der Waals surface area contributed by atoms with Gasteiger partial charge in [0, 0.05) is 19.2 Å². The van der Waals surface area contributed by atoms with Crippen LogP contribution in [0.3, 0.4) is 0 Å². The fraction of sp³-hybridized carbons (Fsp3) is 0.625. The molecule has 5 heteroatoms. The third-order valence-corrected chi connectivity index (χ3v) is 3.19. The molecular formula is C16H26N2O3. The highest BCUT2D eigenvalue weighted by Crippen LogP contribution is 2.32. The number of benzene rings is 1. The zero-order valence-corrected chi connectivity index (χ0v) is 13.5. The van der Waals surface area contributed by atoms with Crippen LogP contribution in [0.5, 0.6) is 0 Å². The lowest BCUT2D eigenvalue weighted by Crippen LogP contribution is -2.31. The molecular weight excluding hydrogens is 268 g/mol. The molecule has 5 nitrogen and oxygen atoms in total. The second-order valence-electron chi connectivity index (χ2n) is 6.37. The van der Waals surface area contributed by atoms with Gasteiger partial charge in [-0.2, -0.15) is 0 Å². The zero-order chi connectivity index (χ0) is 16.2. The van der Waals surface area contributed by atoms with Gasteiger partial charge in [-0.15, -0.1) is 0 Å². The molecule has 1 rings (SSSR count). The Balaban J connectivity index is 3.25. The summed E-state index contributed by atoms with van der Waals surface area (Å²) >= 11 is 0. The van der Waals surface area contributed by atoms with E-state index in [0.29, 0.717) is 23.1 Å². The number of hydrogen-bond acceptors (Lipinski definition) is 4. The van der Waals surface area contributed by atoms with E-state index in [9.17, 15) is 15.2 Å². The van der Waals surface area contributed by atoms with E-state index in [1.165, 1.54) is 6.07 Å². The molecule has 0 aliphatic carbocycles. The van der Waals surface area contributed by atoms with E-state index in [4.69, 9.17) is 0 Å². The molecule has 1 aromatic rings. The van der Waals surface area contributed by atoms with Crippen LogP contribution in [-0.4, -0.2) is 23.1 Å². The van der Waals surface area contributed by atoms with Gasteiger partial charge in [-0.3, -0.25) is 10.1 Å². The van der Waals surface area contributed by atoms with Gasteiger partial charge in [0.05, 0.1) is 11.0 Å². The second-order valence-corrected chi connectivity index (χ2v) is 6.37. The lowest BCUT2D eigenvalue weighted by atomic mass is 10.1. The van der Waals surface area contributed by atoms with Crippen molar-refractivity contribution in [2.75, 3.05) is 18.0 Å². The number of nitrogens with zero attached hydrogens (tertiary/aromatic N) is 2. The molecule has 0 radical (unpaired) electrons. The summed E-state index contributed by atoms with van der Waals surface area (Å²) in [4.78, 5) is 13.1. The molecule has 0 aromatic heterocycles. The monoisotopic (exact) mass is 294 g/mol. The lowest BCUT2D eigenvalue weighted by Gasteiger charge is -2.28. The molecule has 0 heterocycles. The Morgan fingerprint density at radius 3 is 2.05 bits per heavy atom. The van der Waals surface area contributed by atoms with E-state index in [0.717, 1.165) is 13.1 Å². The summed E-state index contributed by atoms with van der Waals surface area (Å²) in [6.07, 6.45) is -0.707. The molecule has 0 unspecified atom stereocenters. The molecule has 0 saturated carbocycles. The number of nitro groups is 1. The van der Waals surface area contributed by atoms with Gasteiger partial charge in [0.1, 0.15) is 5.69 Å². The van der Waals surface area contributed by atoms with E-state index in [1.54, 1.807) is 19.1 Å². The molecule has 118 valence electrons. The van der Waals surface area contributed by atoms with Crippen molar-refractivity contribution >= 4 is 11.4 Å². The maximum Gasteiger partial charge on any atom is 0.292 e. The van der Waals surface area contributed by atoms with E-state index < -0.39 is 6.10 Å². The second kappa shape index (κ2) is 7.41. The van der Waals surface area contributed by atoms with Gasteiger partial charge in [0.2, 0.25) is 0 Å². The third-order valence-electron chi connectivity index (χ3n) is 3.19. The first-order chi connectivity index (χ1) is 9.72. The molecule has 1 atom stereocenters. The summed E-state index contributed by atoms with van der Waals surface area (Å²) in [5.74, 6) is 0.833. The van der Waals surface area contributed by atoms with Crippen LogP contribution in [0, 0.1) is 22.0 Å². The highest BCUT2D eigenvalue weighted by molar-refractivity contribution is 5.64. The maximum atomic E-state index is 11.4. The summed E-state index contributed by atoms with van der Waals surface area (Å²) in [5.41, 5.74) is 1.26. The Kier molecular flexibility index (Phi) is 6.15. The summed E-state index contributed by atoms with van der Waals surface area (Å²) in [6.45, 7) is 11.6. The predicted molar refractivity (Wildman–Crippen MR) is 85.6 cm³/mol. The fourth-order valence-electron chi connectivity index (χ4n) is 2.37. The van der Waals surface area contributed by atoms with Gasteiger partial charge in [-0.25, -0.2) is 0 Å². The molecule has 0 amide bonds. The maximum absolute atomic E-state index is 11.4. The molecule has 0 fully saturated rings. The molecule has 0 aliphatic rings. The Morgan fingerprint density at radius 2 is 1.67 bits per heavy atom. The standard InChI is InChI=1S/C16H26N2O3/c1-11(2)9-17(10-12(3)4)15-7-6-14(13(5)19)8-16(15)18(20)21/h6-8,11-13,19H,9-10H2,1-5H3/t13-/m0/s1. The number of aliphatic hydroxyl groups is 1. The molecule has 0 aliphatic heterocycles. The van der Waals surface area contributed by atoms with E-state index in [-0.39, 0.29) is 10.6 Å². The number of anilines is 1. The normalized spacial score (nSPS) is 12.8. The zero-order valence-electron chi connectivity index (χ0n) is 13.5. The first-order valence-corrected chi connectivity index (χ1v) is 7.43. The number of rotatable bonds is 7. The topological polar surface area (TPSA) is 66.6 Å². The van der Waals surface area contributed by atoms with E-state index in [2.05, 4.69) is 32.6 Å². The Bertz CT molecular complexity index is 474. The van der Waals surface area contributed by atoms with Gasteiger partial charge in [-0.05, 0) is 30.4 Å². The van der Waals surface area contributed by atoms with Crippen molar-refractivity contribution in [3.05, 3.63) is 33.9 Å². The predicted octanol–water partition coefficient (Wildman–Crippen LogP) is 3.77. The Hall–Kier alpha value is -1.62. The van der Waals surface area contributed by atoms with Crippen LogP contribution in [0.4, 0.5) is 11.4 Å². The number of aliphatic hydroxyl groups excluding tert-OH is 1. The average molecular weight is 294 g/mol. The minimum Gasteiger partial charge on any atom is -0.389 e. The Labute approximate surface area is 126 Å². The van der Waals surface area contributed by atoms with Gasteiger partial charge < -0.3 is 10.0 Å². The molecule has 21 heavy (non-hydrogen) atoms. The lowest BCUT2D eigenvalue weighted by molar-refractivity contribution is -0.384. The number of nitro benzene ring substituents is 1. The minimum absolute atomic E-state index is 0.0645. The summed E-state index contributed by atoms with van der Waals surface area (Å²) < 4.78 is 0. The summed E-state index contributed by atoms with van der Waals surface area (Å²) in [7, 11) is 0. The van der Waals surface area contributed by atoms with Crippen LogP contribution in [0.1, 0.15) is 46.3 Å². The molecule has 1 N–H and O–H groups in total. The van der Waals surface area contributed by atoms with Gasteiger partial charge >= 0.3 is 0 Å². The van der Waals surface area contributed by atoms with Crippen molar-refractivity contribution in [2.45, 2.75) is 40.7 Å². The van der Waals surface area contributed by atoms with Crippen molar-refractivity contribution in [3.8, 4) is 0 Å². The van der Waals surface area contributed by atoms with E-state index in [1.807, 2.05) is 0 Å². The average Bonchev–Trinajstić information content (AvgIpc) is 2.35. The fourth-order valence-corrected chi connectivity index (χ4v) is 2.37. The number of hydrogen-bond donors (Lipinski definition) is 1. The van der Waals surface area contributed by atoms with Crippen molar-refractivity contribution < 1.29 is 10.0 Å². The summed E-state index contributed by atoms with van der Waals surface area (Å²) in [6, 6.07) is 5.00. The van der Waals surface area contributed by atoms with Crippen molar-refractivity contribution in [3.63, 3.8) is 0 Å². The first kappa shape index (κ1) is 17.4. The van der Waals surface area contributed by atoms with Gasteiger partial charge in [0.15, 0.2) is 0 Å². The quantitative estimate of drug-likeness (QED) is 0.614. The van der Waals surface area contributed by atoms with Crippen molar-refractivity contribution in [2.24, 2.45) is 11.8 Å². The van der Waals surface area contributed by atoms with Crippen LogP contribution in [0.15, 0.2) is 18.2 Å². The smallest absolute Gasteiger partial charge is 0.292 e. The largest absolute Gasteiger partial charge is 0.389 e. The van der Waals surface area contributed by atoms with Crippen molar-refractivity contribution in [1.82, 2.24) is 0 Å². The molecule has 0 saturated heterocycles. The van der Waals surface area contributed by atoms with Crippen molar-refractivity contribution in [1.29, 1.82) is 0 Å². The van der Waals surface area contributed by atoms with E-state index >= 15 is 0 Å². The molecule has 1 aromatic carbocycles. The summed E-state index contributed by atoms with van der Waals surface area (Å²) in [5, 5.41) is 21.0. The molecule has 0 bridgehead atoms.